The van der Waals surface area contributed by atoms with E-state index in [1.54, 1.807) is 7.11 Å². The summed E-state index contributed by atoms with van der Waals surface area (Å²) in [6.07, 6.45) is 5.58. The van der Waals surface area contributed by atoms with Crippen LogP contribution in [0.2, 0.25) is 0 Å². The number of benzene rings is 1. The first-order valence-corrected chi connectivity index (χ1v) is 4.94. The molecule has 1 aliphatic heterocycles. The monoisotopic (exact) mass is 189 g/mol. The fourth-order valence-corrected chi connectivity index (χ4v) is 1.68. The molecule has 0 unspecified atom stereocenters. The van der Waals surface area contributed by atoms with E-state index in [0.29, 0.717) is 0 Å². The first kappa shape index (κ1) is 9.13. The van der Waals surface area contributed by atoms with E-state index in [2.05, 4.69) is 29.2 Å². The van der Waals surface area contributed by atoms with Crippen molar-refractivity contribution in [2.45, 2.75) is 6.42 Å². The van der Waals surface area contributed by atoms with E-state index in [1.165, 1.54) is 5.69 Å². The van der Waals surface area contributed by atoms with Gasteiger partial charge in [0.15, 0.2) is 0 Å². The summed E-state index contributed by atoms with van der Waals surface area (Å²) in [5.74, 6) is 0.928. The minimum atomic E-state index is 0.928. The van der Waals surface area contributed by atoms with Gasteiger partial charge >= 0.3 is 0 Å². The maximum atomic E-state index is 5.20. The number of nitrogens with zero attached hydrogens (tertiary/aromatic N) is 1. The summed E-state index contributed by atoms with van der Waals surface area (Å²) < 4.78 is 5.20. The van der Waals surface area contributed by atoms with Crippen LogP contribution in [0.4, 0.5) is 5.69 Å². The normalized spacial score (nSPS) is 15.6. The topological polar surface area (TPSA) is 12.5 Å². The molecule has 1 aromatic rings. The number of anilines is 1. The SMILES string of the molecule is COc1cccc(N2CC=CCC2)c1. The summed E-state index contributed by atoms with van der Waals surface area (Å²) in [5, 5.41) is 0. The van der Waals surface area contributed by atoms with Crippen LogP contribution >= 0.6 is 0 Å². The van der Waals surface area contributed by atoms with E-state index in [9.17, 15) is 0 Å². The van der Waals surface area contributed by atoms with Crippen LogP contribution in [0.15, 0.2) is 36.4 Å². The molecule has 0 bridgehead atoms. The minimum absolute atomic E-state index is 0.928. The summed E-state index contributed by atoms with van der Waals surface area (Å²) in [4.78, 5) is 2.35. The third-order valence-electron chi connectivity index (χ3n) is 2.48. The zero-order chi connectivity index (χ0) is 9.80. The van der Waals surface area contributed by atoms with Gasteiger partial charge in [0.2, 0.25) is 0 Å². The molecule has 0 spiro atoms. The lowest BCUT2D eigenvalue weighted by atomic mass is 10.2. The summed E-state index contributed by atoms with van der Waals surface area (Å²) in [7, 11) is 1.70. The molecule has 0 radical (unpaired) electrons. The molecule has 0 saturated carbocycles. The molecule has 2 heteroatoms. The fraction of sp³-hybridized carbons (Fsp3) is 0.333. The average molecular weight is 189 g/mol. The molecule has 0 N–H and O–H groups in total. The lowest BCUT2D eigenvalue weighted by Crippen LogP contribution is -2.26. The van der Waals surface area contributed by atoms with Crippen LogP contribution in [0, 0.1) is 0 Å². The Labute approximate surface area is 84.8 Å². The van der Waals surface area contributed by atoms with E-state index < -0.39 is 0 Å². The van der Waals surface area contributed by atoms with Crippen molar-refractivity contribution < 1.29 is 4.74 Å². The predicted octanol–water partition coefficient (Wildman–Crippen LogP) is 2.46. The zero-order valence-corrected chi connectivity index (χ0v) is 8.44. The highest BCUT2D eigenvalue weighted by Crippen LogP contribution is 2.22. The van der Waals surface area contributed by atoms with Gasteiger partial charge in [-0.1, -0.05) is 18.2 Å². The van der Waals surface area contributed by atoms with Gasteiger partial charge in [0.1, 0.15) is 5.75 Å². The molecular formula is C12H15NO. The van der Waals surface area contributed by atoms with E-state index in [-0.39, 0.29) is 0 Å². The summed E-state index contributed by atoms with van der Waals surface area (Å²) >= 11 is 0. The van der Waals surface area contributed by atoms with Gasteiger partial charge in [-0.15, -0.1) is 0 Å². The van der Waals surface area contributed by atoms with Crippen molar-refractivity contribution in [2.75, 3.05) is 25.1 Å². The number of rotatable bonds is 2. The maximum absolute atomic E-state index is 5.20. The van der Waals surface area contributed by atoms with Crippen molar-refractivity contribution in [3.63, 3.8) is 0 Å². The van der Waals surface area contributed by atoms with Gasteiger partial charge in [0, 0.05) is 24.8 Å². The predicted molar refractivity (Wildman–Crippen MR) is 59.0 cm³/mol. The Bertz CT molecular complexity index is 333. The van der Waals surface area contributed by atoms with E-state index in [1.807, 2.05) is 12.1 Å². The molecule has 1 aliphatic rings. The Hall–Kier alpha value is -1.44. The lowest BCUT2D eigenvalue weighted by Gasteiger charge is -2.25. The van der Waals surface area contributed by atoms with Gasteiger partial charge in [0.05, 0.1) is 7.11 Å². The standard InChI is InChI=1S/C12H15NO/c1-14-12-7-5-6-11(10-12)13-8-3-2-4-9-13/h2-3,5-7,10H,4,8-9H2,1H3. The zero-order valence-electron chi connectivity index (χ0n) is 8.44. The first-order chi connectivity index (χ1) is 6.90. The molecule has 0 saturated heterocycles. The molecule has 1 heterocycles. The van der Waals surface area contributed by atoms with Crippen molar-refractivity contribution >= 4 is 5.69 Å². The van der Waals surface area contributed by atoms with Crippen LogP contribution in [0.5, 0.6) is 5.75 Å². The molecule has 2 nitrogen and oxygen atoms in total. The first-order valence-electron chi connectivity index (χ1n) is 4.94. The van der Waals surface area contributed by atoms with Gasteiger partial charge in [0.25, 0.3) is 0 Å². The smallest absolute Gasteiger partial charge is 0.120 e. The van der Waals surface area contributed by atoms with Crippen molar-refractivity contribution in [1.29, 1.82) is 0 Å². The highest BCUT2D eigenvalue weighted by molar-refractivity contribution is 5.51. The quantitative estimate of drug-likeness (QED) is 0.663. The third-order valence-corrected chi connectivity index (χ3v) is 2.48. The van der Waals surface area contributed by atoms with E-state index in [4.69, 9.17) is 4.74 Å². The third kappa shape index (κ3) is 1.90. The molecule has 14 heavy (non-hydrogen) atoms. The van der Waals surface area contributed by atoms with Crippen LogP contribution in [-0.4, -0.2) is 20.2 Å². The largest absolute Gasteiger partial charge is 0.497 e. The van der Waals surface area contributed by atoms with Crippen molar-refractivity contribution in [2.24, 2.45) is 0 Å². The van der Waals surface area contributed by atoms with E-state index >= 15 is 0 Å². The lowest BCUT2D eigenvalue weighted by molar-refractivity contribution is 0.415. The highest BCUT2D eigenvalue weighted by atomic mass is 16.5. The summed E-state index contributed by atoms with van der Waals surface area (Å²) in [6, 6.07) is 8.22. The Morgan fingerprint density at radius 2 is 2.21 bits per heavy atom. The second kappa shape index (κ2) is 4.18. The van der Waals surface area contributed by atoms with Crippen LogP contribution in [0.25, 0.3) is 0 Å². The molecule has 0 fully saturated rings. The number of hydrogen-bond donors (Lipinski definition) is 0. The Kier molecular flexibility index (Phi) is 2.73. The van der Waals surface area contributed by atoms with Gasteiger partial charge in [-0.05, 0) is 18.6 Å². The Morgan fingerprint density at radius 3 is 2.93 bits per heavy atom. The Morgan fingerprint density at radius 1 is 1.29 bits per heavy atom. The second-order valence-corrected chi connectivity index (χ2v) is 3.41. The molecule has 74 valence electrons. The van der Waals surface area contributed by atoms with Gasteiger partial charge in [-0.25, -0.2) is 0 Å². The fourth-order valence-electron chi connectivity index (χ4n) is 1.68. The van der Waals surface area contributed by atoms with Crippen LogP contribution in [-0.2, 0) is 0 Å². The van der Waals surface area contributed by atoms with Crippen LogP contribution in [0.3, 0.4) is 0 Å². The van der Waals surface area contributed by atoms with Crippen LogP contribution < -0.4 is 9.64 Å². The van der Waals surface area contributed by atoms with Gasteiger partial charge in [-0.2, -0.15) is 0 Å². The second-order valence-electron chi connectivity index (χ2n) is 3.41. The molecule has 0 aliphatic carbocycles. The molecule has 1 aromatic carbocycles. The molecular weight excluding hydrogens is 174 g/mol. The number of methoxy groups -OCH3 is 1. The van der Waals surface area contributed by atoms with E-state index in [0.717, 1.165) is 25.3 Å². The number of ether oxygens (including phenoxy) is 1. The van der Waals surface area contributed by atoms with Crippen LogP contribution in [0.1, 0.15) is 6.42 Å². The van der Waals surface area contributed by atoms with Gasteiger partial charge < -0.3 is 9.64 Å². The summed E-state index contributed by atoms with van der Waals surface area (Å²) in [5.41, 5.74) is 1.24. The summed E-state index contributed by atoms with van der Waals surface area (Å²) in [6.45, 7) is 2.11. The molecule has 0 aromatic heterocycles. The molecule has 0 atom stereocenters. The van der Waals surface area contributed by atoms with Gasteiger partial charge in [-0.3, -0.25) is 0 Å². The molecule has 2 rings (SSSR count). The highest BCUT2D eigenvalue weighted by Gasteiger charge is 2.07. The minimum Gasteiger partial charge on any atom is -0.497 e. The van der Waals surface area contributed by atoms with Crippen molar-refractivity contribution in [3.8, 4) is 5.75 Å². The molecule has 0 amide bonds. The van der Waals surface area contributed by atoms with Crippen molar-refractivity contribution in [1.82, 2.24) is 0 Å². The average Bonchev–Trinajstić information content (AvgIpc) is 2.30. The Balaban J connectivity index is 2.18. The number of hydrogen-bond acceptors (Lipinski definition) is 2. The maximum Gasteiger partial charge on any atom is 0.120 e. The van der Waals surface area contributed by atoms with Crippen molar-refractivity contribution in [3.05, 3.63) is 36.4 Å².